The van der Waals surface area contributed by atoms with E-state index in [0.29, 0.717) is 17.4 Å². The first-order valence-corrected chi connectivity index (χ1v) is 4.68. The topological polar surface area (TPSA) is 50.4 Å². The van der Waals surface area contributed by atoms with Gasteiger partial charge in [0.2, 0.25) is 0 Å². The van der Waals surface area contributed by atoms with Crippen LogP contribution in [-0.4, -0.2) is 11.9 Å². The number of hydrogen-bond donors (Lipinski definition) is 2. The first-order chi connectivity index (χ1) is 5.63. The van der Waals surface area contributed by atoms with Crippen LogP contribution in [0.4, 0.5) is 0 Å². The highest BCUT2D eigenvalue weighted by molar-refractivity contribution is 5.87. The van der Waals surface area contributed by atoms with Crippen molar-refractivity contribution in [3.8, 4) is 0 Å². The molecule has 2 fully saturated rings. The van der Waals surface area contributed by atoms with Crippen LogP contribution in [0.3, 0.4) is 0 Å². The molecule has 0 radical (unpaired) electrons. The second-order valence-electron chi connectivity index (χ2n) is 4.64. The lowest BCUT2D eigenvalue weighted by molar-refractivity contribution is 0.613. The van der Waals surface area contributed by atoms with Gasteiger partial charge in [0.25, 0.3) is 0 Å². The summed E-state index contributed by atoms with van der Waals surface area (Å²) in [7, 11) is 0. The Balaban J connectivity index is 1.99. The summed E-state index contributed by atoms with van der Waals surface area (Å²) in [6.45, 7) is 4.52. The van der Waals surface area contributed by atoms with Gasteiger partial charge in [0.15, 0.2) is 0 Å². The van der Waals surface area contributed by atoms with Crippen molar-refractivity contribution in [2.24, 2.45) is 22.2 Å². The van der Waals surface area contributed by atoms with Crippen molar-refractivity contribution in [1.29, 1.82) is 0 Å². The highest BCUT2D eigenvalue weighted by Gasteiger charge is 2.49. The molecule has 2 aliphatic carbocycles. The minimum Gasteiger partial charge on any atom is -0.312 e. The number of aliphatic imine (C=N–C) groups is 1. The van der Waals surface area contributed by atoms with Crippen LogP contribution in [0.1, 0.15) is 33.1 Å². The summed E-state index contributed by atoms with van der Waals surface area (Å²) in [4.78, 5) is 4.54. The van der Waals surface area contributed by atoms with Crippen LogP contribution in [0, 0.1) is 11.3 Å². The summed E-state index contributed by atoms with van der Waals surface area (Å²) in [5.41, 5.74) is 3.17. The SMILES string of the molecule is CC1(C)CC1C(=NC1CC1)NN. The van der Waals surface area contributed by atoms with Gasteiger partial charge in [-0.25, -0.2) is 5.84 Å². The molecule has 0 aromatic heterocycles. The van der Waals surface area contributed by atoms with E-state index in [1.807, 2.05) is 0 Å². The number of rotatable bonds is 2. The molecule has 0 spiro atoms. The Hall–Kier alpha value is -0.570. The maximum atomic E-state index is 5.43. The Morgan fingerprint density at radius 2 is 2.08 bits per heavy atom. The molecule has 1 atom stereocenters. The van der Waals surface area contributed by atoms with Crippen LogP contribution in [0.2, 0.25) is 0 Å². The first-order valence-electron chi connectivity index (χ1n) is 4.68. The molecule has 0 aromatic carbocycles. The van der Waals surface area contributed by atoms with Crippen molar-refractivity contribution in [2.45, 2.75) is 39.2 Å². The molecule has 2 saturated carbocycles. The van der Waals surface area contributed by atoms with Gasteiger partial charge in [0, 0.05) is 5.92 Å². The molecule has 0 aromatic rings. The Morgan fingerprint density at radius 3 is 2.42 bits per heavy atom. The lowest BCUT2D eigenvalue weighted by atomic mass is 10.1. The Labute approximate surface area is 73.4 Å². The van der Waals surface area contributed by atoms with Crippen molar-refractivity contribution < 1.29 is 0 Å². The molecule has 3 N–H and O–H groups in total. The van der Waals surface area contributed by atoms with Crippen molar-refractivity contribution >= 4 is 5.84 Å². The molecule has 0 bridgehead atoms. The first kappa shape index (κ1) is 8.05. The largest absolute Gasteiger partial charge is 0.312 e. The van der Waals surface area contributed by atoms with E-state index in [-0.39, 0.29) is 0 Å². The summed E-state index contributed by atoms with van der Waals surface area (Å²) in [5, 5.41) is 0. The molecule has 0 amide bonds. The zero-order valence-corrected chi connectivity index (χ0v) is 7.80. The zero-order chi connectivity index (χ0) is 8.77. The number of nitrogens with one attached hydrogen (secondary N) is 1. The molecule has 0 aliphatic heterocycles. The monoisotopic (exact) mass is 167 g/mol. The Morgan fingerprint density at radius 1 is 1.50 bits per heavy atom. The second-order valence-corrected chi connectivity index (χ2v) is 4.64. The minimum atomic E-state index is 0.431. The molecular weight excluding hydrogens is 150 g/mol. The fraction of sp³-hybridized carbons (Fsp3) is 0.889. The molecule has 12 heavy (non-hydrogen) atoms. The number of amidine groups is 1. The van der Waals surface area contributed by atoms with Crippen LogP contribution >= 0.6 is 0 Å². The van der Waals surface area contributed by atoms with E-state index >= 15 is 0 Å². The number of hydrogen-bond acceptors (Lipinski definition) is 2. The van der Waals surface area contributed by atoms with E-state index in [1.54, 1.807) is 0 Å². The summed E-state index contributed by atoms with van der Waals surface area (Å²) in [5.74, 6) is 7.05. The highest BCUT2D eigenvalue weighted by Crippen LogP contribution is 2.52. The van der Waals surface area contributed by atoms with Gasteiger partial charge in [-0.1, -0.05) is 13.8 Å². The molecule has 3 nitrogen and oxygen atoms in total. The molecular formula is C9H17N3. The van der Waals surface area contributed by atoms with Gasteiger partial charge in [-0.3, -0.25) is 4.99 Å². The standard InChI is InChI=1S/C9H17N3/c1-9(2)5-7(9)8(12-10)11-6-3-4-6/h6-7H,3-5,10H2,1-2H3,(H,11,12). The molecule has 0 heterocycles. The third-order valence-corrected chi connectivity index (χ3v) is 2.86. The van der Waals surface area contributed by atoms with E-state index in [1.165, 1.54) is 19.3 Å². The van der Waals surface area contributed by atoms with E-state index in [4.69, 9.17) is 5.84 Å². The summed E-state index contributed by atoms with van der Waals surface area (Å²) < 4.78 is 0. The van der Waals surface area contributed by atoms with Crippen LogP contribution in [0.5, 0.6) is 0 Å². The van der Waals surface area contributed by atoms with Gasteiger partial charge >= 0.3 is 0 Å². The van der Waals surface area contributed by atoms with E-state index in [0.717, 1.165) is 5.84 Å². The smallest absolute Gasteiger partial charge is 0.114 e. The lowest BCUT2D eigenvalue weighted by Gasteiger charge is -2.06. The van der Waals surface area contributed by atoms with Crippen LogP contribution < -0.4 is 11.3 Å². The second kappa shape index (κ2) is 2.46. The number of nitrogens with two attached hydrogens (primary N) is 1. The summed E-state index contributed by atoms with van der Waals surface area (Å²) >= 11 is 0. The average molecular weight is 167 g/mol. The maximum Gasteiger partial charge on any atom is 0.114 e. The third kappa shape index (κ3) is 1.46. The van der Waals surface area contributed by atoms with E-state index < -0.39 is 0 Å². The fourth-order valence-electron chi connectivity index (χ4n) is 1.56. The van der Waals surface area contributed by atoms with E-state index in [9.17, 15) is 0 Å². The van der Waals surface area contributed by atoms with Gasteiger partial charge < -0.3 is 5.43 Å². The van der Waals surface area contributed by atoms with Crippen molar-refractivity contribution in [3.63, 3.8) is 0 Å². The highest BCUT2D eigenvalue weighted by atomic mass is 15.3. The molecule has 1 unspecified atom stereocenters. The quantitative estimate of drug-likeness (QED) is 0.279. The third-order valence-electron chi connectivity index (χ3n) is 2.86. The summed E-state index contributed by atoms with van der Waals surface area (Å²) in [6.07, 6.45) is 3.72. The normalized spacial score (nSPS) is 33.2. The van der Waals surface area contributed by atoms with Crippen LogP contribution in [0.15, 0.2) is 4.99 Å². The molecule has 68 valence electrons. The molecule has 2 rings (SSSR count). The van der Waals surface area contributed by atoms with Gasteiger partial charge in [-0.05, 0) is 24.7 Å². The molecule has 0 saturated heterocycles. The number of hydrazine groups is 1. The minimum absolute atomic E-state index is 0.431. The van der Waals surface area contributed by atoms with Gasteiger partial charge in [-0.15, -0.1) is 0 Å². The summed E-state index contributed by atoms with van der Waals surface area (Å²) in [6, 6.07) is 0.576. The molecule has 2 aliphatic rings. The van der Waals surface area contributed by atoms with Crippen LogP contribution in [0.25, 0.3) is 0 Å². The lowest BCUT2D eigenvalue weighted by Crippen LogP contribution is -2.33. The average Bonchev–Trinajstić information content (AvgIpc) is 2.85. The van der Waals surface area contributed by atoms with Gasteiger partial charge in [0.1, 0.15) is 5.84 Å². The Kier molecular flexibility index (Phi) is 1.65. The van der Waals surface area contributed by atoms with E-state index in [2.05, 4.69) is 24.3 Å². The Bertz CT molecular complexity index is 216. The van der Waals surface area contributed by atoms with Crippen LogP contribution in [-0.2, 0) is 0 Å². The molecule has 3 heteroatoms. The van der Waals surface area contributed by atoms with Crippen molar-refractivity contribution in [1.82, 2.24) is 5.43 Å². The van der Waals surface area contributed by atoms with Crippen molar-refractivity contribution in [2.75, 3.05) is 0 Å². The maximum absolute atomic E-state index is 5.43. The van der Waals surface area contributed by atoms with Gasteiger partial charge in [-0.2, -0.15) is 0 Å². The predicted molar refractivity (Wildman–Crippen MR) is 49.7 cm³/mol. The van der Waals surface area contributed by atoms with Gasteiger partial charge in [0.05, 0.1) is 6.04 Å². The number of nitrogens with zero attached hydrogens (tertiary/aromatic N) is 1. The predicted octanol–water partition coefficient (Wildman–Crippen LogP) is 1.06. The zero-order valence-electron chi connectivity index (χ0n) is 7.80. The van der Waals surface area contributed by atoms with Crippen molar-refractivity contribution in [3.05, 3.63) is 0 Å². The fourth-order valence-corrected chi connectivity index (χ4v) is 1.56.